The Labute approximate surface area is 183 Å². The Kier molecular flexibility index (Phi) is 6.43. The number of rotatable bonds is 5. The lowest BCUT2D eigenvalue weighted by Gasteiger charge is -2.32. The number of likely N-dealkylation sites (tertiary alicyclic amines) is 1. The first-order valence-electron chi connectivity index (χ1n) is 11.1. The number of nitrogens with zero attached hydrogens (tertiary/aromatic N) is 4. The van der Waals surface area contributed by atoms with Gasteiger partial charge in [-0.05, 0) is 44.7 Å². The molecule has 2 aliphatic heterocycles. The Hall–Kier alpha value is -2.26. The van der Waals surface area contributed by atoms with Crippen LogP contribution in [0.5, 0.6) is 0 Å². The molecule has 4 rings (SSSR count). The Morgan fingerprint density at radius 1 is 1.03 bits per heavy atom. The highest BCUT2D eigenvalue weighted by molar-refractivity contribution is 7.89. The van der Waals surface area contributed by atoms with Crippen molar-refractivity contribution in [3.63, 3.8) is 0 Å². The zero-order valence-electron chi connectivity index (χ0n) is 18.2. The summed E-state index contributed by atoms with van der Waals surface area (Å²) in [4.78, 5) is 14.1. The van der Waals surface area contributed by atoms with E-state index >= 15 is 0 Å². The van der Waals surface area contributed by atoms with E-state index < -0.39 is 16.1 Å². The molecule has 2 saturated heterocycles. The number of hydrogen-bond donors (Lipinski definition) is 0. The maximum Gasteiger partial charge on any atom is 0.243 e. The maximum atomic E-state index is 13.3. The van der Waals surface area contributed by atoms with Crippen molar-refractivity contribution < 1.29 is 17.6 Å². The fourth-order valence-electron chi connectivity index (χ4n) is 4.43. The smallest absolute Gasteiger partial charge is 0.243 e. The highest BCUT2D eigenvalue weighted by Gasteiger charge is 2.38. The van der Waals surface area contributed by atoms with Crippen LogP contribution in [-0.4, -0.2) is 53.4 Å². The molecular weight excluding hydrogens is 416 g/mol. The second kappa shape index (κ2) is 9.08. The van der Waals surface area contributed by atoms with Crippen molar-refractivity contribution in [2.75, 3.05) is 19.6 Å². The van der Waals surface area contributed by atoms with Gasteiger partial charge in [0.25, 0.3) is 0 Å². The van der Waals surface area contributed by atoms with Gasteiger partial charge in [-0.1, -0.05) is 31.0 Å². The first-order valence-corrected chi connectivity index (χ1v) is 12.5. The largest absolute Gasteiger partial charge is 0.423 e. The van der Waals surface area contributed by atoms with Crippen molar-refractivity contribution in [3.8, 4) is 0 Å². The number of aryl methyl sites for hydroxylation is 1. The van der Waals surface area contributed by atoms with Crippen LogP contribution < -0.4 is 0 Å². The van der Waals surface area contributed by atoms with Gasteiger partial charge in [-0.15, -0.1) is 10.2 Å². The van der Waals surface area contributed by atoms with E-state index in [-0.39, 0.29) is 16.7 Å². The lowest BCUT2D eigenvalue weighted by atomic mass is 9.96. The molecule has 0 radical (unpaired) electrons. The van der Waals surface area contributed by atoms with Crippen molar-refractivity contribution >= 4 is 15.9 Å². The van der Waals surface area contributed by atoms with Crippen molar-refractivity contribution in [3.05, 3.63) is 41.6 Å². The molecule has 8 nitrogen and oxygen atoms in total. The van der Waals surface area contributed by atoms with Crippen LogP contribution in [0, 0.1) is 6.92 Å². The van der Waals surface area contributed by atoms with Gasteiger partial charge in [0.05, 0.1) is 4.90 Å². The number of piperidine rings is 2. The fourth-order valence-corrected chi connectivity index (χ4v) is 6.08. The van der Waals surface area contributed by atoms with Crippen LogP contribution in [0.1, 0.15) is 74.8 Å². The lowest BCUT2D eigenvalue weighted by Crippen LogP contribution is -2.38. The van der Waals surface area contributed by atoms with Crippen LogP contribution in [0.4, 0.5) is 0 Å². The van der Waals surface area contributed by atoms with Crippen LogP contribution >= 0.6 is 0 Å². The fraction of sp³-hybridized carbons (Fsp3) is 0.591. The van der Waals surface area contributed by atoms with Crippen LogP contribution in [-0.2, 0) is 14.8 Å². The van der Waals surface area contributed by atoms with Crippen molar-refractivity contribution in [2.45, 2.75) is 69.2 Å². The molecule has 2 fully saturated rings. The Bertz CT molecular complexity index is 1010. The Balaban J connectivity index is 1.51. The molecule has 31 heavy (non-hydrogen) atoms. The molecule has 0 unspecified atom stereocenters. The van der Waals surface area contributed by atoms with E-state index in [0.717, 1.165) is 31.2 Å². The van der Waals surface area contributed by atoms with Crippen molar-refractivity contribution in [1.29, 1.82) is 0 Å². The molecule has 0 aliphatic carbocycles. The molecular formula is C22H30N4O4S. The van der Waals surface area contributed by atoms with Crippen LogP contribution in [0.15, 0.2) is 33.6 Å². The third-order valence-electron chi connectivity index (χ3n) is 6.32. The average Bonchev–Trinajstić information content (AvgIpc) is 3.29. The molecule has 1 aromatic carbocycles. The first-order chi connectivity index (χ1) is 14.9. The molecule has 9 heteroatoms. The molecule has 1 amide bonds. The highest BCUT2D eigenvalue weighted by Crippen LogP contribution is 2.36. The summed E-state index contributed by atoms with van der Waals surface area (Å²) in [7, 11) is -3.65. The lowest BCUT2D eigenvalue weighted by molar-refractivity contribution is -0.131. The van der Waals surface area contributed by atoms with E-state index in [4.69, 9.17) is 4.42 Å². The summed E-state index contributed by atoms with van der Waals surface area (Å²) in [6.45, 7) is 5.62. The number of benzene rings is 1. The molecule has 2 aromatic rings. The van der Waals surface area contributed by atoms with E-state index in [9.17, 15) is 13.2 Å². The van der Waals surface area contributed by atoms with E-state index in [0.29, 0.717) is 44.3 Å². The summed E-state index contributed by atoms with van der Waals surface area (Å²) in [5, 5.41) is 8.52. The molecule has 3 heterocycles. The summed E-state index contributed by atoms with van der Waals surface area (Å²) in [6.07, 6.45) is 4.47. The van der Waals surface area contributed by atoms with Gasteiger partial charge in [0, 0.05) is 32.0 Å². The van der Waals surface area contributed by atoms with E-state index in [1.165, 1.54) is 4.31 Å². The zero-order valence-corrected chi connectivity index (χ0v) is 19.0. The number of sulfonamides is 1. The number of carbonyl (C=O) groups is 1. The van der Waals surface area contributed by atoms with E-state index in [2.05, 4.69) is 10.2 Å². The van der Waals surface area contributed by atoms with Gasteiger partial charge in [-0.3, -0.25) is 4.79 Å². The number of aromatic nitrogens is 2. The quantitative estimate of drug-likeness (QED) is 0.698. The predicted octanol–water partition coefficient (Wildman–Crippen LogP) is 3.41. The normalized spacial score (nSPS) is 21.4. The molecule has 0 spiro atoms. The topological polar surface area (TPSA) is 96.6 Å². The molecule has 1 atom stereocenters. The summed E-state index contributed by atoms with van der Waals surface area (Å²) >= 11 is 0. The molecule has 2 aliphatic rings. The predicted molar refractivity (Wildman–Crippen MR) is 115 cm³/mol. The molecule has 0 N–H and O–H groups in total. The van der Waals surface area contributed by atoms with Crippen molar-refractivity contribution in [1.82, 2.24) is 19.4 Å². The average molecular weight is 447 g/mol. The minimum Gasteiger partial charge on any atom is -0.423 e. The van der Waals surface area contributed by atoms with Gasteiger partial charge < -0.3 is 9.32 Å². The van der Waals surface area contributed by atoms with Gasteiger partial charge in [0.1, 0.15) is 6.04 Å². The van der Waals surface area contributed by atoms with Gasteiger partial charge in [0.2, 0.25) is 27.7 Å². The second-order valence-electron chi connectivity index (χ2n) is 8.43. The summed E-state index contributed by atoms with van der Waals surface area (Å²) in [5.74, 6) is 1.20. The second-order valence-corrected chi connectivity index (χ2v) is 10.3. The molecule has 168 valence electrons. The van der Waals surface area contributed by atoms with Gasteiger partial charge >= 0.3 is 0 Å². The zero-order chi connectivity index (χ0) is 22.0. The maximum absolute atomic E-state index is 13.3. The minimum absolute atomic E-state index is 0.105. The van der Waals surface area contributed by atoms with Crippen LogP contribution in [0.25, 0.3) is 0 Å². The van der Waals surface area contributed by atoms with E-state index in [1.807, 2.05) is 30.9 Å². The molecule has 1 aromatic heterocycles. The monoisotopic (exact) mass is 446 g/mol. The Morgan fingerprint density at radius 2 is 1.71 bits per heavy atom. The SMILES string of the molecule is CCC(=O)N1CCC(c2nnc([C@@H]3CCCCN3S(=O)(=O)c3ccc(C)cc3)o2)CC1. The Morgan fingerprint density at radius 3 is 2.39 bits per heavy atom. The van der Waals surface area contributed by atoms with Crippen LogP contribution in [0.2, 0.25) is 0 Å². The number of hydrogen-bond acceptors (Lipinski definition) is 6. The standard InChI is InChI=1S/C22H30N4O4S/c1-3-20(27)25-14-11-17(12-15-25)21-23-24-22(30-21)19-6-4-5-13-26(19)31(28,29)18-9-7-16(2)8-10-18/h7-10,17,19H,3-6,11-15H2,1-2H3/t19-/m0/s1. The summed E-state index contributed by atoms with van der Waals surface area (Å²) < 4.78 is 34.2. The third kappa shape index (κ3) is 4.52. The van der Waals surface area contributed by atoms with Crippen LogP contribution in [0.3, 0.4) is 0 Å². The first kappa shape index (κ1) is 22.0. The minimum atomic E-state index is -3.65. The van der Waals surface area contributed by atoms with Gasteiger partial charge in [-0.25, -0.2) is 8.42 Å². The number of amides is 1. The highest BCUT2D eigenvalue weighted by atomic mass is 32.2. The van der Waals surface area contributed by atoms with E-state index in [1.54, 1.807) is 12.1 Å². The summed E-state index contributed by atoms with van der Waals surface area (Å²) in [5.41, 5.74) is 1.02. The third-order valence-corrected chi connectivity index (χ3v) is 8.24. The number of carbonyl (C=O) groups excluding carboxylic acids is 1. The molecule has 0 bridgehead atoms. The molecule has 0 saturated carbocycles. The van der Waals surface area contributed by atoms with Crippen molar-refractivity contribution in [2.24, 2.45) is 0 Å². The summed E-state index contributed by atoms with van der Waals surface area (Å²) in [6, 6.07) is 6.49. The van der Waals surface area contributed by atoms with Gasteiger partial charge in [-0.2, -0.15) is 4.31 Å². The van der Waals surface area contributed by atoms with Gasteiger partial charge in [0.15, 0.2) is 0 Å².